The summed E-state index contributed by atoms with van der Waals surface area (Å²) in [6, 6.07) is 5.78. The second kappa shape index (κ2) is 10.3. The van der Waals surface area contributed by atoms with Crippen LogP contribution in [0.1, 0.15) is 49.5 Å². The number of thioether (sulfide) groups is 1. The molecule has 0 saturated heterocycles. The maximum absolute atomic E-state index is 12.0. The third kappa shape index (κ3) is 5.52. The maximum Gasteiger partial charge on any atom is 0.243 e. The predicted octanol–water partition coefficient (Wildman–Crippen LogP) is 5.18. The van der Waals surface area contributed by atoms with E-state index in [-0.39, 0.29) is 5.91 Å². The van der Waals surface area contributed by atoms with Gasteiger partial charge in [-0.15, -0.1) is 10.2 Å². The van der Waals surface area contributed by atoms with Crippen LogP contribution in [0, 0.1) is 0 Å². The van der Waals surface area contributed by atoms with Crippen molar-refractivity contribution in [2.75, 3.05) is 12.8 Å². The van der Waals surface area contributed by atoms with E-state index in [4.69, 9.17) is 23.2 Å². The summed E-state index contributed by atoms with van der Waals surface area (Å²) < 4.78 is 2.31. The highest BCUT2D eigenvalue weighted by Crippen LogP contribution is 2.33. The molecule has 5 nitrogen and oxygen atoms in total. The normalized spacial score (nSPS) is 14.8. The molecule has 1 aliphatic carbocycles. The zero-order chi connectivity index (χ0) is 19.9. The van der Waals surface area contributed by atoms with Crippen molar-refractivity contribution in [1.82, 2.24) is 20.1 Å². The highest BCUT2D eigenvalue weighted by molar-refractivity contribution is 7.98. The molecular weight excluding hydrogens is 415 g/mol. The van der Waals surface area contributed by atoms with Crippen LogP contribution in [-0.2, 0) is 11.2 Å². The lowest BCUT2D eigenvalue weighted by Crippen LogP contribution is -2.23. The Kier molecular flexibility index (Phi) is 7.82. The smallest absolute Gasteiger partial charge is 0.243 e. The van der Waals surface area contributed by atoms with Gasteiger partial charge in [0.05, 0.1) is 10.0 Å². The van der Waals surface area contributed by atoms with Gasteiger partial charge in [0.25, 0.3) is 0 Å². The molecule has 0 unspecified atom stereocenters. The average Bonchev–Trinajstić information content (AvgIpc) is 3.35. The molecule has 150 valence electrons. The molecule has 3 rings (SSSR count). The lowest BCUT2D eigenvalue weighted by Gasteiger charge is -2.16. The molecule has 1 aromatic heterocycles. The number of carbonyl (C=O) groups excluding carboxylic acids is 1. The van der Waals surface area contributed by atoms with Gasteiger partial charge >= 0.3 is 0 Å². The number of aryl methyl sites for hydroxylation is 1. The van der Waals surface area contributed by atoms with E-state index in [2.05, 4.69) is 20.1 Å². The number of halogens is 2. The zero-order valence-corrected chi connectivity index (χ0v) is 18.2. The maximum atomic E-state index is 12.0. The molecule has 1 aromatic carbocycles. The number of nitrogens with zero attached hydrogens (tertiary/aromatic N) is 3. The molecule has 1 aliphatic rings. The fraction of sp³-hybridized carbons (Fsp3) is 0.450. The first-order chi connectivity index (χ1) is 13.6. The van der Waals surface area contributed by atoms with E-state index in [1.165, 1.54) is 31.8 Å². The Hall–Kier alpha value is -1.50. The molecule has 8 heteroatoms. The van der Waals surface area contributed by atoms with Crippen LogP contribution in [-0.4, -0.2) is 33.5 Å². The van der Waals surface area contributed by atoms with E-state index >= 15 is 0 Å². The molecule has 1 fully saturated rings. The van der Waals surface area contributed by atoms with Crippen molar-refractivity contribution in [3.8, 4) is 0 Å². The minimum atomic E-state index is -0.131. The molecule has 1 saturated carbocycles. The van der Waals surface area contributed by atoms with Gasteiger partial charge in [-0.3, -0.25) is 4.79 Å². The first kappa shape index (κ1) is 21.2. The summed E-state index contributed by atoms with van der Waals surface area (Å²) in [7, 11) is 0. The number of benzene rings is 1. The van der Waals surface area contributed by atoms with E-state index in [0.717, 1.165) is 29.4 Å². The zero-order valence-electron chi connectivity index (χ0n) is 15.8. The minimum absolute atomic E-state index is 0.131. The Bertz CT molecular complexity index is 847. The highest BCUT2D eigenvalue weighted by Gasteiger charge is 2.23. The fourth-order valence-electron chi connectivity index (χ4n) is 3.45. The van der Waals surface area contributed by atoms with Crippen molar-refractivity contribution < 1.29 is 4.79 Å². The summed E-state index contributed by atoms with van der Waals surface area (Å²) in [4.78, 5) is 12.0. The number of aromatic nitrogens is 3. The third-order valence-electron chi connectivity index (χ3n) is 4.85. The van der Waals surface area contributed by atoms with Gasteiger partial charge in [-0.2, -0.15) is 0 Å². The second-order valence-electron chi connectivity index (χ2n) is 6.81. The monoisotopic (exact) mass is 438 g/mol. The number of carbonyl (C=O) groups is 1. The van der Waals surface area contributed by atoms with E-state index in [1.807, 2.05) is 12.3 Å². The van der Waals surface area contributed by atoms with E-state index in [9.17, 15) is 4.79 Å². The summed E-state index contributed by atoms with van der Waals surface area (Å²) in [5.41, 5.74) is 0.832. The molecule has 1 N–H and O–H groups in total. The summed E-state index contributed by atoms with van der Waals surface area (Å²) in [6.07, 6.45) is 11.9. The Morgan fingerprint density at radius 3 is 2.79 bits per heavy atom. The van der Waals surface area contributed by atoms with Crippen LogP contribution in [0.2, 0.25) is 10.0 Å². The summed E-state index contributed by atoms with van der Waals surface area (Å²) in [6.45, 7) is 0.594. The number of hydrogen-bond donors (Lipinski definition) is 1. The molecule has 0 atom stereocenters. The topological polar surface area (TPSA) is 59.8 Å². The average molecular weight is 439 g/mol. The Morgan fingerprint density at radius 2 is 2.07 bits per heavy atom. The lowest BCUT2D eigenvalue weighted by atomic mass is 10.2. The van der Waals surface area contributed by atoms with Crippen LogP contribution in [0.5, 0.6) is 0 Å². The summed E-state index contributed by atoms with van der Waals surface area (Å²) in [5, 5.41) is 13.6. The van der Waals surface area contributed by atoms with E-state index in [1.54, 1.807) is 30.0 Å². The molecule has 1 amide bonds. The van der Waals surface area contributed by atoms with Crippen molar-refractivity contribution in [2.45, 2.75) is 49.7 Å². The van der Waals surface area contributed by atoms with Crippen molar-refractivity contribution in [3.63, 3.8) is 0 Å². The fourth-order valence-corrected chi connectivity index (χ4v) is 4.33. The molecule has 28 heavy (non-hydrogen) atoms. The van der Waals surface area contributed by atoms with Crippen LogP contribution in [0.4, 0.5) is 0 Å². The van der Waals surface area contributed by atoms with Crippen LogP contribution < -0.4 is 5.32 Å². The van der Waals surface area contributed by atoms with Crippen molar-refractivity contribution in [3.05, 3.63) is 45.7 Å². The third-order valence-corrected chi connectivity index (χ3v) is 6.24. The predicted molar refractivity (Wildman–Crippen MR) is 116 cm³/mol. The summed E-state index contributed by atoms with van der Waals surface area (Å²) in [5.74, 6) is 0.894. The van der Waals surface area contributed by atoms with Gasteiger partial charge in [0.1, 0.15) is 5.82 Å². The lowest BCUT2D eigenvalue weighted by molar-refractivity contribution is -0.116. The van der Waals surface area contributed by atoms with E-state index < -0.39 is 0 Å². The Balaban J connectivity index is 1.48. The van der Waals surface area contributed by atoms with Crippen molar-refractivity contribution in [2.24, 2.45) is 0 Å². The van der Waals surface area contributed by atoms with Crippen molar-refractivity contribution >= 4 is 46.9 Å². The number of hydrogen-bond acceptors (Lipinski definition) is 4. The number of nitrogens with one attached hydrogen (secondary N) is 1. The number of amides is 1. The van der Waals surface area contributed by atoms with Crippen LogP contribution >= 0.6 is 35.0 Å². The molecular formula is C20H24Cl2N4OS. The van der Waals surface area contributed by atoms with Crippen LogP contribution in [0.25, 0.3) is 6.08 Å². The quantitative estimate of drug-likeness (QED) is 0.350. The van der Waals surface area contributed by atoms with Gasteiger partial charge in [-0.1, -0.05) is 53.9 Å². The van der Waals surface area contributed by atoms with Gasteiger partial charge < -0.3 is 9.88 Å². The second-order valence-corrected chi connectivity index (χ2v) is 8.40. The largest absolute Gasteiger partial charge is 0.353 e. The van der Waals surface area contributed by atoms with Crippen LogP contribution in [0.3, 0.4) is 0 Å². The number of rotatable bonds is 8. The molecule has 1 heterocycles. The minimum Gasteiger partial charge on any atom is -0.353 e. The molecule has 0 radical (unpaired) electrons. The van der Waals surface area contributed by atoms with Gasteiger partial charge in [0.2, 0.25) is 5.91 Å². The Morgan fingerprint density at radius 1 is 1.29 bits per heavy atom. The molecule has 0 bridgehead atoms. The van der Waals surface area contributed by atoms with Gasteiger partial charge in [0.15, 0.2) is 5.16 Å². The molecule has 2 aromatic rings. The summed E-state index contributed by atoms with van der Waals surface area (Å²) >= 11 is 13.5. The Labute approximate surface area is 179 Å². The van der Waals surface area contributed by atoms with Gasteiger partial charge in [-0.25, -0.2) is 0 Å². The van der Waals surface area contributed by atoms with Crippen LogP contribution in [0.15, 0.2) is 29.4 Å². The standard InChI is InChI=1S/C20H24Cl2N4OS/c1-28-20-25-24-18(26(20)15-5-2-3-6-15)7-4-12-23-19(27)11-9-14-8-10-16(21)17(22)13-14/h8-11,13,15H,2-7,12H2,1H3,(H,23,27)/b11-9+. The SMILES string of the molecule is CSc1nnc(CCCNC(=O)/C=C/c2ccc(Cl)c(Cl)c2)n1C1CCCC1. The molecule has 0 spiro atoms. The highest BCUT2D eigenvalue weighted by atomic mass is 35.5. The van der Waals surface area contributed by atoms with Gasteiger partial charge in [-0.05, 0) is 49.3 Å². The van der Waals surface area contributed by atoms with Gasteiger partial charge in [0, 0.05) is 25.1 Å². The van der Waals surface area contributed by atoms with Crippen molar-refractivity contribution in [1.29, 1.82) is 0 Å². The first-order valence-corrected chi connectivity index (χ1v) is 11.5. The molecule has 0 aliphatic heterocycles. The first-order valence-electron chi connectivity index (χ1n) is 9.47. The van der Waals surface area contributed by atoms with E-state index in [0.29, 0.717) is 22.6 Å².